The lowest BCUT2D eigenvalue weighted by atomic mass is 10.1. The van der Waals surface area contributed by atoms with Crippen LogP contribution in [-0.2, 0) is 28.2 Å². The first-order valence-electron chi connectivity index (χ1n) is 19.8. The Hall–Kier alpha value is -2.55. The van der Waals surface area contributed by atoms with Gasteiger partial charge >= 0.3 is 19.8 Å². The van der Waals surface area contributed by atoms with Gasteiger partial charge in [0.05, 0.1) is 12.7 Å². The lowest BCUT2D eigenvalue weighted by Gasteiger charge is -2.18. The van der Waals surface area contributed by atoms with Gasteiger partial charge in [-0.3, -0.25) is 14.1 Å². The number of phosphoric ester groups is 1. The van der Waals surface area contributed by atoms with E-state index >= 15 is 0 Å². The molecule has 0 aliphatic rings. The van der Waals surface area contributed by atoms with Crippen LogP contribution in [0.25, 0.3) is 0 Å². The summed E-state index contributed by atoms with van der Waals surface area (Å²) in [6, 6.07) is 0. The standard InChI is InChI=1S/C42H71O9P/c1-3-5-7-9-11-13-15-17-18-19-21-23-25-27-29-31-35-42(45)51-40(38-50-52(46,47)48)37-49-41(44)36-32-34-39(43)33-30-28-26-24-22-20-16-14-12-10-8-6-4-2/h11-14,17-18,20,22,26,28,30,33,39-40,43H,3-10,15-16,19,21,23-25,27,29,31-32,34-38H2,1-2H3,(H2,46,47,48)/b13-11-,14-12-,18-17-,22-20-,28-26-,33-30+/t39-,40-/m1/s1. The number of esters is 2. The Morgan fingerprint density at radius 1 is 0.596 bits per heavy atom. The Morgan fingerprint density at radius 2 is 1.10 bits per heavy atom. The lowest BCUT2D eigenvalue weighted by Crippen LogP contribution is -2.29. The van der Waals surface area contributed by atoms with E-state index in [1.54, 1.807) is 12.2 Å². The van der Waals surface area contributed by atoms with E-state index in [0.717, 1.165) is 64.2 Å². The van der Waals surface area contributed by atoms with E-state index in [0.29, 0.717) is 19.3 Å². The highest BCUT2D eigenvalue weighted by Crippen LogP contribution is 2.36. The number of hydrogen-bond acceptors (Lipinski definition) is 7. The van der Waals surface area contributed by atoms with Crippen LogP contribution in [0, 0.1) is 0 Å². The molecule has 0 aromatic heterocycles. The molecule has 0 heterocycles. The molecule has 2 atom stereocenters. The predicted molar refractivity (Wildman–Crippen MR) is 213 cm³/mol. The Labute approximate surface area is 315 Å². The number of unbranched alkanes of at least 4 members (excludes halogenated alkanes) is 12. The summed E-state index contributed by atoms with van der Waals surface area (Å²) in [7, 11) is -4.80. The van der Waals surface area contributed by atoms with Crippen molar-refractivity contribution in [1.29, 1.82) is 0 Å². The summed E-state index contributed by atoms with van der Waals surface area (Å²) in [5.74, 6) is -1.11. The molecule has 0 saturated carbocycles. The maximum absolute atomic E-state index is 12.4. The van der Waals surface area contributed by atoms with Crippen LogP contribution in [-0.4, -0.2) is 52.3 Å². The minimum Gasteiger partial charge on any atom is -0.462 e. The number of hydrogen-bond donors (Lipinski definition) is 3. The van der Waals surface area contributed by atoms with Crippen LogP contribution in [0.3, 0.4) is 0 Å². The van der Waals surface area contributed by atoms with Gasteiger partial charge in [0.15, 0.2) is 6.10 Å². The van der Waals surface area contributed by atoms with E-state index in [4.69, 9.17) is 19.3 Å². The van der Waals surface area contributed by atoms with Gasteiger partial charge in [-0.05, 0) is 77.0 Å². The Morgan fingerprint density at radius 3 is 1.67 bits per heavy atom. The summed E-state index contributed by atoms with van der Waals surface area (Å²) in [4.78, 5) is 42.8. The van der Waals surface area contributed by atoms with Crippen LogP contribution in [0.5, 0.6) is 0 Å². The third-order valence-electron chi connectivity index (χ3n) is 8.05. The van der Waals surface area contributed by atoms with Crippen molar-refractivity contribution in [2.75, 3.05) is 13.2 Å². The van der Waals surface area contributed by atoms with E-state index < -0.39 is 38.6 Å². The van der Waals surface area contributed by atoms with Crippen molar-refractivity contribution in [3.8, 4) is 0 Å². The zero-order chi connectivity index (χ0) is 38.4. The minimum atomic E-state index is -4.80. The average molecular weight is 751 g/mol. The number of allylic oxidation sites excluding steroid dienone is 11. The second-order valence-electron chi connectivity index (χ2n) is 13.1. The Bertz CT molecular complexity index is 1090. The Balaban J connectivity index is 4.18. The predicted octanol–water partition coefficient (Wildman–Crippen LogP) is 10.9. The zero-order valence-corrected chi connectivity index (χ0v) is 33.2. The zero-order valence-electron chi connectivity index (χ0n) is 32.3. The molecule has 10 heteroatoms. The van der Waals surface area contributed by atoms with Crippen molar-refractivity contribution >= 4 is 19.8 Å². The monoisotopic (exact) mass is 750 g/mol. The molecule has 0 spiro atoms. The molecule has 0 radical (unpaired) electrons. The fourth-order valence-corrected chi connectivity index (χ4v) is 5.39. The quantitative estimate of drug-likeness (QED) is 0.0190. The van der Waals surface area contributed by atoms with E-state index in [1.807, 2.05) is 12.2 Å². The van der Waals surface area contributed by atoms with Gasteiger partial charge in [0, 0.05) is 12.8 Å². The summed E-state index contributed by atoms with van der Waals surface area (Å²) in [5.41, 5.74) is 0. The summed E-state index contributed by atoms with van der Waals surface area (Å²) >= 11 is 0. The molecule has 52 heavy (non-hydrogen) atoms. The van der Waals surface area contributed by atoms with Gasteiger partial charge < -0.3 is 24.4 Å². The van der Waals surface area contributed by atoms with E-state index in [9.17, 15) is 19.3 Å². The van der Waals surface area contributed by atoms with Gasteiger partial charge in [-0.25, -0.2) is 4.57 Å². The summed E-state index contributed by atoms with van der Waals surface area (Å²) < 4.78 is 26.2. The van der Waals surface area contributed by atoms with Gasteiger partial charge in [-0.1, -0.05) is 138 Å². The van der Waals surface area contributed by atoms with E-state index in [2.05, 4.69) is 67.0 Å². The molecular formula is C42H71O9P. The van der Waals surface area contributed by atoms with Crippen molar-refractivity contribution < 1.29 is 43.0 Å². The largest absolute Gasteiger partial charge is 0.469 e. The van der Waals surface area contributed by atoms with Gasteiger partial charge in [0.2, 0.25) is 0 Å². The third kappa shape index (κ3) is 38.7. The molecule has 0 aliphatic carbocycles. The maximum Gasteiger partial charge on any atom is 0.469 e. The molecule has 0 fully saturated rings. The van der Waals surface area contributed by atoms with E-state index in [-0.39, 0.29) is 19.4 Å². The molecule has 0 unspecified atom stereocenters. The summed E-state index contributed by atoms with van der Waals surface area (Å²) in [6.07, 6.45) is 43.6. The van der Waals surface area contributed by atoms with Gasteiger partial charge in [-0.15, -0.1) is 0 Å². The van der Waals surface area contributed by atoms with Crippen LogP contribution >= 0.6 is 7.82 Å². The SMILES string of the molecule is CCCCC/C=C\C/C=C\C/C=C\C=C\[C@@H](O)CCCC(=O)OC[C@H](COP(=O)(O)O)OC(=O)CCCCCCCC/C=C\C/C=C\CCCCC. The van der Waals surface area contributed by atoms with Crippen molar-refractivity contribution in [1.82, 2.24) is 0 Å². The molecule has 0 aromatic rings. The maximum atomic E-state index is 12.4. The first kappa shape index (κ1) is 49.5. The molecule has 0 bridgehead atoms. The van der Waals surface area contributed by atoms with Crippen LogP contribution in [0.4, 0.5) is 0 Å². The summed E-state index contributed by atoms with van der Waals surface area (Å²) in [5, 5.41) is 10.2. The number of rotatable bonds is 35. The average Bonchev–Trinajstić information content (AvgIpc) is 3.10. The van der Waals surface area contributed by atoms with Crippen molar-refractivity contribution in [3.63, 3.8) is 0 Å². The number of aliphatic hydroxyl groups is 1. The lowest BCUT2D eigenvalue weighted by molar-refractivity contribution is -0.161. The number of phosphoric acid groups is 1. The molecule has 0 rings (SSSR count). The van der Waals surface area contributed by atoms with Gasteiger partial charge in [0.1, 0.15) is 6.61 Å². The smallest absolute Gasteiger partial charge is 0.462 e. The normalized spacial score (nSPS) is 13.9. The van der Waals surface area contributed by atoms with E-state index in [1.165, 1.54) is 44.9 Å². The first-order valence-corrected chi connectivity index (χ1v) is 21.4. The molecule has 3 N–H and O–H groups in total. The molecule has 0 saturated heterocycles. The topological polar surface area (TPSA) is 140 Å². The molecule has 9 nitrogen and oxygen atoms in total. The van der Waals surface area contributed by atoms with Crippen molar-refractivity contribution in [2.45, 2.75) is 167 Å². The van der Waals surface area contributed by atoms with Gasteiger partial charge in [-0.2, -0.15) is 0 Å². The fourth-order valence-electron chi connectivity index (χ4n) is 5.03. The summed E-state index contributed by atoms with van der Waals surface area (Å²) in [6.45, 7) is 3.44. The molecule has 0 amide bonds. The second-order valence-corrected chi connectivity index (χ2v) is 14.3. The molecule has 0 aliphatic heterocycles. The number of carbonyl (C=O) groups excluding carboxylic acids is 2. The number of carbonyl (C=O) groups is 2. The minimum absolute atomic E-state index is 0.0332. The highest BCUT2D eigenvalue weighted by atomic mass is 31.2. The van der Waals surface area contributed by atoms with Gasteiger partial charge in [0.25, 0.3) is 0 Å². The van der Waals surface area contributed by atoms with Crippen LogP contribution in [0.1, 0.15) is 155 Å². The molecular weight excluding hydrogens is 679 g/mol. The first-order chi connectivity index (χ1) is 25.2. The van der Waals surface area contributed by atoms with Crippen LogP contribution in [0.2, 0.25) is 0 Å². The number of ether oxygens (including phenoxy) is 2. The Kier molecular flexibility index (Phi) is 35.0. The third-order valence-corrected chi connectivity index (χ3v) is 8.54. The molecule has 298 valence electrons. The van der Waals surface area contributed by atoms with Crippen LogP contribution in [0.15, 0.2) is 72.9 Å². The van der Waals surface area contributed by atoms with Crippen molar-refractivity contribution in [3.05, 3.63) is 72.9 Å². The number of aliphatic hydroxyl groups excluding tert-OH is 1. The highest BCUT2D eigenvalue weighted by molar-refractivity contribution is 7.46. The van der Waals surface area contributed by atoms with Crippen LogP contribution < -0.4 is 0 Å². The fraction of sp³-hybridized carbons (Fsp3) is 0.667. The highest BCUT2D eigenvalue weighted by Gasteiger charge is 2.23. The second kappa shape index (κ2) is 36.8. The van der Waals surface area contributed by atoms with Crippen molar-refractivity contribution in [2.24, 2.45) is 0 Å². The molecule has 0 aromatic carbocycles.